The van der Waals surface area contributed by atoms with E-state index in [1.165, 1.54) is 0 Å². The van der Waals surface area contributed by atoms with Crippen LogP contribution >= 0.6 is 0 Å². The summed E-state index contributed by atoms with van der Waals surface area (Å²) in [7, 11) is 0. The van der Waals surface area contributed by atoms with Crippen LogP contribution in [0.5, 0.6) is 0 Å². The van der Waals surface area contributed by atoms with Gasteiger partial charge in [-0.25, -0.2) is 4.79 Å². The van der Waals surface area contributed by atoms with Crippen LogP contribution < -0.4 is 10.6 Å². The van der Waals surface area contributed by atoms with Crippen LogP contribution in [0.4, 0.5) is 18.0 Å². The molecule has 2 aromatic rings. The van der Waals surface area contributed by atoms with Gasteiger partial charge in [0.15, 0.2) is 0 Å². The molecule has 0 heterocycles. The molecule has 0 bridgehead atoms. The number of benzene rings is 2. The fourth-order valence-electron chi connectivity index (χ4n) is 4.06. The van der Waals surface area contributed by atoms with E-state index in [2.05, 4.69) is 5.32 Å². The Labute approximate surface area is 199 Å². The van der Waals surface area contributed by atoms with Crippen LogP contribution in [0.3, 0.4) is 0 Å². The van der Waals surface area contributed by atoms with Gasteiger partial charge in [0, 0.05) is 12.3 Å². The SMILES string of the molecule is O=C(O)CCC(NC(=O)OCC1c2ccccc2-c2ccccc21)C(=O)NC(CO)CC(F)(F)F. The zero-order valence-electron chi connectivity index (χ0n) is 18.5. The minimum Gasteiger partial charge on any atom is -0.481 e. The standard InChI is InChI=1S/C24H25F3N2O6/c25-24(26,27)11-14(12-30)28-22(33)20(9-10-21(31)32)29-23(34)35-13-19-17-7-3-1-5-15(17)16-6-2-4-8-18(16)19/h1-8,14,19-20,30H,9-13H2,(H,28,33)(H,29,34)(H,31,32). The van der Waals surface area contributed by atoms with Gasteiger partial charge < -0.3 is 25.6 Å². The fraction of sp³-hybridized carbons (Fsp3) is 0.375. The lowest BCUT2D eigenvalue weighted by molar-refractivity contribution is -0.145. The molecule has 0 aromatic heterocycles. The summed E-state index contributed by atoms with van der Waals surface area (Å²) < 4.78 is 43.2. The molecule has 3 rings (SSSR count). The van der Waals surface area contributed by atoms with E-state index in [0.717, 1.165) is 22.3 Å². The highest BCUT2D eigenvalue weighted by molar-refractivity contribution is 5.86. The molecule has 1 aliphatic rings. The minimum atomic E-state index is -4.64. The molecule has 2 atom stereocenters. The van der Waals surface area contributed by atoms with E-state index in [1.807, 2.05) is 53.8 Å². The van der Waals surface area contributed by atoms with Crippen LogP contribution in [0.1, 0.15) is 36.3 Å². The molecule has 0 spiro atoms. The lowest BCUT2D eigenvalue weighted by Gasteiger charge is -2.23. The number of fused-ring (bicyclic) bond motifs is 3. The molecule has 35 heavy (non-hydrogen) atoms. The summed E-state index contributed by atoms with van der Waals surface area (Å²) in [6.07, 6.45) is -8.04. The van der Waals surface area contributed by atoms with Gasteiger partial charge in [-0.05, 0) is 28.7 Å². The highest BCUT2D eigenvalue weighted by Crippen LogP contribution is 2.44. The number of alkyl carbamates (subject to hydrolysis) is 1. The highest BCUT2D eigenvalue weighted by atomic mass is 19.4. The van der Waals surface area contributed by atoms with E-state index in [4.69, 9.17) is 14.9 Å². The number of carboxylic acid groups (broad SMARTS) is 1. The van der Waals surface area contributed by atoms with Crippen molar-refractivity contribution >= 4 is 18.0 Å². The van der Waals surface area contributed by atoms with Gasteiger partial charge in [-0.1, -0.05) is 48.5 Å². The molecule has 4 N–H and O–H groups in total. The number of hydrogen-bond donors (Lipinski definition) is 4. The molecular formula is C24H25F3N2O6. The van der Waals surface area contributed by atoms with E-state index in [9.17, 15) is 27.6 Å². The van der Waals surface area contributed by atoms with Gasteiger partial charge >= 0.3 is 18.2 Å². The number of carbonyl (C=O) groups is 3. The Hall–Kier alpha value is -3.60. The first-order valence-electron chi connectivity index (χ1n) is 10.9. The van der Waals surface area contributed by atoms with Gasteiger partial charge in [-0.15, -0.1) is 0 Å². The van der Waals surface area contributed by atoms with Crippen molar-refractivity contribution in [3.8, 4) is 11.1 Å². The molecule has 2 amide bonds. The molecule has 11 heteroatoms. The average molecular weight is 494 g/mol. The summed E-state index contributed by atoms with van der Waals surface area (Å²) in [5, 5.41) is 22.3. The van der Waals surface area contributed by atoms with Gasteiger partial charge in [0.2, 0.25) is 5.91 Å². The smallest absolute Gasteiger partial charge is 0.407 e. The van der Waals surface area contributed by atoms with Crippen LogP contribution in [0, 0.1) is 0 Å². The van der Waals surface area contributed by atoms with Gasteiger partial charge in [0.25, 0.3) is 0 Å². The number of aliphatic carboxylic acids is 1. The van der Waals surface area contributed by atoms with Crippen molar-refractivity contribution in [2.45, 2.75) is 43.4 Å². The van der Waals surface area contributed by atoms with E-state index in [1.54, 1.807) is 0 Å². The lowest BCUT2D eigenvalue weighted by Crippen LogP contribution is -2.51. The number of rotatable bonds is 10. The Morgan fingerprint density at radius 2 is 1.54 bits per heavy atom. The Morgan fingerprint density at radius 1 is 0.971 bits per heavy atom. The first-order valence-corrected chi connectivity index (χ1v) is 10.9. The zero-order chi connectivity index (χ0) is 25.6. The summed E-state index contributed by atoms with van der Waals surface area (Å²) in [6, 6.07) is 12.2. The maximum atomic E-state index is 12.6. The zero-order valence-corrected chi connectivity index (χ0v) is 18.5. The summed E-state index contributed by atoms with van der Waals surface area (Å²) in [5.41, 5.74) is 3.94. The second kappa shape index (κ2) is 11.2. The third kappa shape index (κ3) is 6.95. The number of nitrogens with one attached hydrogen (secondary N) is 2. The molecule has 188 valence electrons. The Morgan fingerprint density at radius 3 is 2.06 bits per heavy atom. The predicted octanol–water partition coefficient (Wildman–Crippen LogP) is 3.19. The fourth-order valence-corrected chi connectivity index (χ4v) is 4.06. The van der Waals surface area contributed by atoms with Crippen molar-refractivity contribution in [2.75, 3.05) is 13.2 Å². The van der Waals surface area contributed by atoms with Crippen molar-refractivity contribution in [1.82, 2.24) is 10.6 Å². The quantitative estimate of drug-likeness (QED) is 0.402. The second-order valence-corrected chi connectivity index (χ2v) is 8.16. The maximum absolute atomic E-state index is 12.6. The highest BCUT2D eigenvalue weighted by Gasteiger charge is 2.34. The average Bonchev–Trinajstić information content (AvgIpc) is 3.12. The van der Waals surface area contributed by atoms with Crippen molar-refractivity contribution in [3.63, 3.8) is 0 Å². The molecule has 1 aliphatic carbocycles. The Kier molecular flexibility index (Phi) is 8.34. The normalized spacial score (nSPS) is 14.4. The minimum absolute atomic E-state index is 0.0690. The molecule has 2 unspecified atom stereocenters. The third-order valence-corrected chi connectivity index (χ3v) is 5.64. The molecule has 0 radical (unpaired) electrons. The van der Waals surface area contributed by atoms with Crippen LogP contribution in [0.15, 0.2) is 48.5 Å². The molecule has 0 saturated carbocycles. The summed E-state index contributed by atoms with van der Waals surface area (Å²) in [5.74, 6) is -2.57. The molecule has 2 aromatic carbocycles. The number of amides is 2. The van der Waals surface area contributed by atoms with Gasteiger partial charge in [-0.3, -0.25) is 9.59 Å². The molecular weight excluding hydrogens is 469 g/mol. The largest absolute Gasteiger partial charge is 0.481 e. The number of alkyl halides is 3. The van der Waals surface area contributed by atoms with Crippen molar-refractivity contribution in [3.05, 3.63) is 59.7 Å². The number of ether oxygens (including phenoxy) is 1. The van der Waals surface area contributed by atoms with E-state index in [0.29, 0.717) is 0 Å². The molecule has 0 aliphatic heterocycles. The van der Waals surface area contributed by atoms with Gasteiger partial charge in [0.1, 0.15) is 12.6 Å². The van der Waals surface area contributed by atoms with Gasteiger partial charge in [0.05, 0.1) is 19.1 Å². The summed E-state index contributed by atoms with van der Waals surface area (Å²) in [4.78, 5) is 35.9. The number of halogens is 3. The monoisotopic (exact) mass is 494 g/mol. The number of carboxylic acids is 1. The first-order chi connectivity index (χ1) is 16.6. The van der Waals surface area contributed by atoms with Gasteiger partial charge in [-0.2, -0.15) is 13.2 Å². The molecule has 8 nitrogen and oxygen atoms in total. The van der Waals surface area contributed by atoms with E-state index in [-0.39, 0.29) is 18.9 Å². The topological polar surface area (TPSA) is 125 Å². The maximum Gasteiger partial charge on any atom is 0.407 e. The molecule has 0 saturated heterocycles. The second-order valence-electron chi connectivity index (χ2n) is 8.16. The first kappa shape index (κ1) is 26.0. The number of aliphatic hydroxyl groups is 1. The summed E-state index contributed by atoms with van der Waals surface area (Å²) in [6.45, 7) is -1.05. The van der Waals surface area contributed by atoms with Crippen LogP contribution in [-0.2, 0) is 14.3 Å². The van der Waals surface area contributed by atoms with Crippen LogP contribution in [0.25, 0.3) is 11.1 Å². The number of hydrogen-bond acceptors (Lipinski definition) is 5. The van der Waals surface area contributed by atoms with Crippen LogP contribution in [-0.4, -0.2) is 59.7 Å². The lowest BCUT2D eigenvalue weighted by atomic mass is 9.98. The van der Waals surface area contributed by atoms with E-state index < -0.39 is 55.7 Å². The number of carbonyl (C=O) groups excluding carboxylic acids is 2. The Balaban J connectivity index is 1.66. The third-order valence-electron chi connectivity index (χ3n) is 5.64. The predicted molar refractivity (Wildman–Crippen MR) is 119 cm³/mol. The van der Waals surface area contributed by atoms with E-state index >= 15 is 0 Å². The van der Waals surface area contributed by atoms with Crippen molar-refractivity contribution in [1.29, 1.82) is 0 Å². The molecule has 0 fully saturated rings. The Bertz CT molecular complexity index is 1030. The van der Waals surface area contributed by atoms with Crippen molar-refractivity contribution in [2.24, 2.45) is 0 Å². The summed E-state index contributed by atoms with van der Waals surface area (Å²) >= 11 is 0. The number of aliphatic hydroxyl groups excluding tert-OH is 1. The van der Waals surface area contributed by atoms with Crippen LogP contribution in [0.2, 0.25) is 0 Å². The van der Waals surface area contributed by atoms with Crippen molar-refractivity contribution < 1.29 is 42.5 Å².